The number of piperidine rings is 1. The number of sulfonamides is 1. The molecule has 3 rings (SSSR count). The molecule has 1 fully saturated rings. The third-order valence-electron chi connectivity index (χ3n) is 3.98. The van der Waals surface area contributed by atoms with Crippen molar-refractivity contribution in [1.29, 1.82) is 0 Å². The Morgan fingerprint density at radius 1 is 1.26 bits per heavy atom. The fourth-order valence-corrected chi connectivity index (χ4v) is 5.46. The summed E-state index contributed by atoms with van der Waals surface area (Å²) in [5.41, 5.74) is 2.56. The molecule has 1 saturated heterocycles. The molecule has 0 saturated carbocycles. The van der Waals surface area contributed by atoms with Gasteiger partial charge in [-0.3, -0.25) is 0 Å². The van der Waals surface area contributed by atoms with Gasteiger partial charge in [0.25, 0.3) is 0 Å². The zero-order valence-electron chi connectivity index (χ0n) is 10.8. The predicted octanol–water partition coefficient (Wildman–Crippen LogP) is 3.10. The first-order valence-electron chi connectivity index (χ1n) is 6.43. The molecular weight excluding hydrogens is 373 g/mol. The third-order valence-corrected chi connectivity index (χ3v) is 6.99. The van der Waals surface area contributed by atoms with E-state index in [4.69, 9.17) is 0 Å². The maximum absolute atomic E-state index is 12.6. The maximum Gasteiger partial charge on any atom is 0.243 e. The lowest BCUT2D eigenvalue weighted by Gasteiger charge is -2.40. The number of nitrogens with zero attached hydrogens (tertiary/aromatic N) is 1. The van der Waals surface area contributed by atoms with Gasteiger partial charge in [0, 0.05) is 13.1 Å². The average Bonchev–Trinajstić information content (AvgIpc) is 2.37. The summed E-state index contributed by atoms with van der Waals surface area (Å²) in [6, 6.07) is 7.13. The standard InChI is InChI=1S/C14H16INO2S/c1-10-2-4-12(5-3-10)19(17,18)16-7-6-13-11(9-16)8-14(13)15/h2-5,11H,6-9H2,1H3. The molecule has 3 nitrogen and oxygen atoms in total. The Balaban J connectivity index is 1.84. The Hall–Kier alpha value is -0.400. The van der Waals surface area contributed by atoms with Crippen LogP contribution in [0.25, 0.3) is 0 Å². The van der Waals surface area contributed by atoms with E-state index in [-0.39, 0.29) is 0 Å². The molecule has 0 amide bonds. The van der Waals surface area contributed by atoms with Crippen molar-refractivity contribution in [3.05, 3.63) is 39.0 Å². The normalized spacial score (nSPS) is 24.0. The molecule has 2 aliphatic rings. The zero-order valence-corrected chi connectivity index (χ0v) is 13.7. The van der Waals surface area contributed by atoms with E-state index in [1.807, 2.05) is 19.1 Å². The van der Waals surface area contributed by atoms with Crippen molar-refractivity contribution in [3.8, 4) is 0 Å². The van der Waals surface area contributed by atoms with Gasteiger partial charge in [-0.15, -0.1) is 0 Å². The van der Waals surface area contributed by atoms with Crippen molar-refractivity contribution in [2.24, 2.45) is 5.92 Å². The van der Waals surface area contributed by atoms with Gasteiger partial charge in [-0.25, -0.2) is 8.42 Å². The lowest BCUT2D eigenvalue weighted by Crippen LogP contribution is -2.43. The lowest BCUT2D eigenvalue weighted by atomic mass is 9.80. The minimum absolute atomic E-state index is 0.416. The molecule has 0 radical (unpaired) electrons. The molecule has 1 atom stereocenters. The van der Waals surface area contributed by atoms with Crippen molar-refractivity contribution < 1.29 is 8.42 Å². The Bertz CT molecular complexity index is 634. The minimum atomic E-state index is -3.31. The van der Waals surface area contributed by atoms with Gasteiger partial charge in [-0.2, -0.15) is 4.31 Å². The van der Waals surface area contributed by atoms with Crippen LogP contribution in [0.1, 0.15) is 18.4 Å². The summed E-state index contributed by atoms with van der Waals surface area (Å²) >= 11 is 2.38. The van der Waals surface area contributed by atoms with Crippen molar-refractivity contribution in [2.75, 3.05) is 13.1 Å². The van der Waals surface area contributed by atoms with Gasteiger partial charge in [-0.1, -0.05) is 23.3 Å². The second kappa shape index (κ2) is 4.86. The van der Waals surface area contributed by atoms with Crippen molar-refractivity contribution in [1.82, 2.24) is 4.31 Å². The first-order chi connectivity index (χ1) is 8.98. The van der Waals surface area contributed by atoms with E-state index in [0.717, 1.165) is 18.4 Å². The second-order valence-corrected chi connectivity index (χ2v) is 8.50. The number of hydrogen-bond donors (Lipinski definition) is 0. The number of fused-ring (bicyclic) bond motifs is 1. The van der Waals surface area contributed by atoms with Gasteiger partial charge in [-0.05, 0) is 64.0 Å². The Labute approximate surface area is 127 Å². The fraction of sp³-hybridized carbons (Fsp3) is 0.429. The molecule has 1 aromatic rings. The van der Waals surface area contributed by atoms with Crippen molar-refractivity contribution in [2.45, 2.75) is 24.7 Å². The summed E-state index contributed by atoms with van der Waals surface area (Å²) < 4.78 is 28.2. The second-order valence-electron chi connectivity index (χ2n) is 5.26. The minimum Gasteiger partial charge on any atom is -0.207 e. The number of halogens is 1. The Kier molecular flexibility index (Phi) is 3.47. The molecule has 102 valence electrons. The van der Waals surface area contributed by atoms with Gasteiger partial charge in [0.05, 0.1) is 4.90 Å². The number of hydrogen-bond acceptors (Lipinski definition) is 2. The molecule has 5 heteroatoms. The van der Waals surface area contributed by atoms with Crippen molar-refractivity contribution >= 4 is 32.6 Å². The lowest BCUT2D eigenvalue weighted by molar-refractivity contribution is 0.303. The van der Waals surface area contributed by atoms with Gasteiger partial charge in [0.1, 0.15) is 0 Å². The van der Waals surface area contributed by atoms with Crippen LogP contribution in [0.5, 0.6) is 0 Å². The number of allylic oxidation sites excluding steroid dienone is 1. The molecule has 1 unspecified atom stereocenters. The molecule has 1 aromatic carbocycles. The summed E-state index contributed by atoms with van der Waals surface area (Å²) in [4.78, 5) is 0.416. The highest BCUT2D eigenvalue weighted by atomic mass is 127. The molecule has 0 spiro atoms. The highest BCUT2D eigenvalue weighted by Crippen LogP contribution is 2.44. The average molecular weight is 389 g/mol. The van der Waals surface area contributed by atoms with Crippen molar-refractivity contribution in [3.63, 3.8) is 0 Å². The maximum atomic E-state index is 12.6. The number of benzene rings is 1. The molecule has 0 bridgehead atoms. The van der Waals surface area contributed by atoms with Crippen LogP contribution in [-0.4, -0.2) is 25.8 Å². The third kappa shape index (κ3) is 2.36. The zero-order chi connectivity index (χ0) is 13.6. The van der Waals surface area contributed by atoms with E-state index in [1.165, 1.54) is 9.15 Å². The largest absolute Gasteiger partial charge is 0.243 e. The fourth-order valence-electron chi connectivity index (χ4n) is 2.74. The van der Waals surface area contributed by atoms with E-state index >= 15 is 0 Å². The van der Waals surface area contributed by atoms with E-state index in [2.05, 4.69) is 22.6 Å². The van der Waals surface area contributed by atoms with Gasteiger partial charge < -0.3 is 0 Å². The number of aryl methyl sites for hydroxylation is 1. The predicted molar refractivity (Wildman–Crippen MR) is 83.7 cm³/mol. The Morgan fingerprint density at radius 3 is 2.53 bits per heavy atom. The highest BCUT2D eigenvalue weighted by Gasteiger charge is 2.37. The van der Waals surface area contributed by atoms with E-state index in [1.54, 1.807) is 16.4 Å². The first-order valence-corrected chi connectivity index (χ1v) is 8.94. The summed E-state index contributed by atoms with van der Waals surface area (Å²) in [5.74, 6) is 0.459. The smallest absolute Gasteiger partial charge is 0.207 e. The van der Waals surface area contributed by atoms with E-state index in [9.17, 15) is 8.42 Å². The van der Waals surface area contributed by atoms with Crippen LogP contribution in [0.2, 0.25) is 0 Å². The summed E-state index contributed by atoms with van der Waals surface area (Å²) in [6.07, 6.45) is 1.95. The number of rotatable bonds is 2. The van der Waals surface area contributed by atoms with Crippen LogP contribution in [0.3, 0.4) is 0 Å². The molecule has 19 heavy (non-hydrogen) atoms. The van der Waals surface area contributed by atoms with Crippen LogP contribution >= 0.6 is 22.6 Å². The molecule has 1 aliphatic heterocycles. The molecular formula is C14H16INO2S. The van der Waals surface area contributed by atoms with Crippen LogP contribution in [0.15, 0.2) is 38.3 Å². The molecule has 0 N–H and O–H groups in total. The van der Waals surface area contributed by atoms with E-state index < -0.39 is 10.0 Å². The summed E-state index contributed by atoms with van der Waals surface area (Å²) in [6.45, 7) is 3.23. The summed E-state index contributed by atoms with van der Waals surface area (Å²) in [5, 5.41) is 0. The molecule has 1 heterocycles. The van der Waals surface area contributed by atoms with Crippen LogP contribution in [0.4, 0.5) is 0 Å². The Morgan fingerprint density at radius 2 is 1.95 bits per heavy atom. The monoisotopic (exact) mass is 389 g/mol. The van der Waals surface area contributed by atoms with E-state index in [0.29, 0.717) is 23.9 Å². The van der Waals surface area contributed by atoms with Crippen LogP contribution in [0, 0.1) is 12.8 Å². The molecule has 0 aromatic heterocycles. The molecule has 1 aliphatic carbocycles. The van der Waals surface area contributed by atoms with Gasteiger partial charge >= 0.3 is 0 Å². The van der Waals surface area contributed by atoms with Crippen LogP contribution in [-0.2, 0) is 10.0 Å². The van der Waals surface area contributed by atoms with Gasteiger partial charge in [0.2, 0.25) is 10.0 Å². The van der Waals surface area contributed by atoms with Gasteiger partial charge in [0.15, 0.2) is 0 Å². The summed E-state index contributed by atoms with van der Waals surface area (Å²) in [7, 11) is -3.31. The highest BCUT2D eigenvalue weighted by molar-refractivity contribution is 14.1. The van der Waals surface area contributed by atoms with Crippen LogP contribution < -0.4 is 0 Å². The quantitative estimate of drug-likeness (QED) is 0.730. The SMILES string of the molecule is Cc1ccc(S(=O)(=O)N2CCC3=C(I)CC3C2)cc1. The topological polar surface area (TPSA) is 37.4 Å². The first kappa shape index (κ1) is 13.6.